The zero-order valence-corrected chi connectivity index (χ0v) is 12.2. The Morgan fingerprint density at radius 1 is 1.14 bits per heavy atom. The molecule has 7 heteroatoms. The van der Waals surface area contributed by atoms with E-state index in [0.717, 1.165) is 17.8 Å². The van der Waals surface area contributed by atoms with Gasteiger partial charge in [-0.2, -0.15) is 13.2 Å². The van der Waals surface area contributed by atoms with Gasteiger partial charge < -0.3 is 5.73 Å². The van der Waals surface area contributed by atoms with Gasteiger partial charge in [0.15, 0.2) is 0 Å². The molecule has 21 heavy (non-hydrogen) atoms. The minimum absolute atomic E-state index is 0.0600. The standard InChI is InChI=1S/C14H11Cl2F3N2/c15-10-3-1-8(2-4-10)11(6-20)13-12(16)5-9(7-21-13)14(17,18)19/h1-5,7,11H,6,20H2. The van der Waals surface area contributed by atoms with Gasteiger partial charge in [0, 0.05) is 23.7 Å². The van der Waals surface area contributed by atoms with Crippen LogP contribution in [0.1, 0.15) is 22.7 Å². The minimum Gasteiger partial charge on any atom is -0.329 e. The molecular formula is C14H11Cl2F3N2. The van der Waals surface area contributed by atoms with Gasteiger partial charge in [0.05, 0.1) is 16.3 Å². The summed E-state index contributed by atoms with van der Waals surface area (Å²) in [4.78, 5) is 3.85. The largest absolute Gasteiger partial charge is 0.417 e. The first kappa shape index (κ1) is 16.1. The highest BCUT2D eigenvalue weighted by molar-refractivity contribution is 6.31. The molecule has 0 saturated carbocycles. The smallest absolute Gasteiger partial charge is 0.329 e. The molecule has 1 aromatic carbocycles. The molecule has 0 bridgehead atoms. The van der Waals surface area contributed by atoms with Gasteiger partial charge in [-0.15, -0.1) is 0 Å². The van der Waals surface area contributed by atoms with E-state index in [-0.39, 0.29) is 11.6 Å². The SMILES string of the molecule is NCC(c1ccc(Cl)cc1)c1ncc(C(F)(F)F)cc1Cl. The molecule has 0 amide bonds. The Morgan fingerprint density at radius 3 is 2.24 bits per heavy atom. The van der Waals surface area contributed by atoms with E-state index in [4.69, 9.17) is 28.9 Å². The van der Waals surface area contributed by atoms with Crippen LogP contribution in [0.15, 0.2) is 36.5 Å². The quantitative estimate of drug-likeness (QED) is 0.897. The lowest BCUT2D eigenvalue weighted by Gasteiger charge is -2.17. The van der Waals surface area contributed by atoms with Gasteiger partial charge in [-0.05, 0) is 23.8 Å². The molecule has 2 N–H and O–H groups in total. The van der Waals surface area contributed by atoms with Gasteiger partial charge in [0.25, 0.3) is 0 Å². The molecule has 0 radical (unpaired) electrons. The maximum atomic E-state index is 12.6. The summed E-state index contributed by atoms with van der Waals surface area (Å²) in [5.41, 5.74) is 5.93. The molecule has 112 valence electrons. The van der Waals surface area contributed by atoms with E-state index in [0.29, 0.717) is 10.7 Å². The van der Waals surface area contributed by atoms with Gasteiger partial charge in [0.2, 0.25) is 0 Å². The zero-order chi connectivity index (χ0) is 15.6. The van der Waals surface area contributed by atoms with Crippen LogP contribution < -0.4 is 5.73 Å². The third-order valence-corrected chi connectivity index (χ3v) is 3.59. The Balaban J connectivity index is 2.41. The van der Waals surface area contributed by atoms with Gasteiger partial charge in [-0.25, -0.2) is 0 Å². The molecule has 0 aliphatic rings. The molecule has 0 fully saturated rings. The van der Waals surface area contributed by atoms with E-state index in [9.17, 15) is 13.2 Å². The van der Waals surface area contributed by atoms with E-state index < -0.39 is 17.7 Å². The second kappa shape index (κ2) is 6.22. The van der Waals surface area contributed by atoms with Crippen LogP contribution in [0.5, 0.6) is 0 Å². The molecule has 0 aliphatic carbocycles. The molecule has 0 aliphatic heterocycles. The maximum Gasteiger partial charge on any atom is 0.417 e. The number of nitrogens with two attached hydrogens (primary N) is 1. The van der Waals surface area contributed by atoms with E-state index >= 15 is 0 Å². The maximum absolute atomic E-state index is 12.6. The molecule has 2 nitrogen and oxygen atoms in total. The van der Waals surface area contributed by atoms with Crippen LogP contribution in [0.2, 0.25) is 10.0 Å². The summed E-state index contributed by atoms with van der Waals surface area (Å²) < 4.78 is 37.8. The van der Waals surface area contributed by atoms with Gasteiger partial charge in [0.1, 0.15) is 0 Å². The second-order valence-electron chi connectivity index (χ2n) is 4.43. The summed E-state index contributed by atoms with van der Waals surface area (Å²) in [5.74, 6) is -0.392. The van der Waals surface area contributed by atoms with E-state index in [1.807, 2.05) is 0 Å². The lowest BCUT2D eigenvalue weighted by molar-refractivity contribution is -0.137. The number of aromatic nitrogens is 1. The van der Waals surface area contributed by atoms with Crippen molar-refractivity contribution in [3.63, 3.8) is 0 Å². The Labute approximate surface area is 129 Å². The van der Waals surface area contributed by atoms with Crippen molar-refractivity contribution in [1.82, 2.24) is 4.98 Å². The summed E-state index contributed by atoms with van der Waals surface area (Å²) >= 11 is 11.8. The predicted octanol–water partition coefficient (Wildman–Crippen LogP) is 4.50. The average molecular weight is 335 g/mol. The fourth-order valence-electron chi connectivity index (χ4n) is 1.96. The molecule has 1 aromatic heterocycles. The van der Waals surface area contributed by atoms with E-state index in [1.54, 1.807) is 24.3 Å². The summed E-state index contributed by atoms with van der Waals surface area (Å²) in [5, 5.41) is 0.497. The van der Waals surface area contributed by atoms with Crippen molar-refractivity contribution < 1.29 is 13.2 Å². The lowest BCUT2D eigenvalue weighted by atomic mass is 9.95. The molecule has 0 spiro atoms. The highest BCUT2D eigenvalue weighted by atomic mass is 35.5. The fourth-order valence-corrected chi connectivity index (χ4v) is 2.38. The topological polar surface area (TPSA) is 38.9 Å². The summed E-state index contributed by atoms with van der Waals surface area (Å²) in [7, 11) is 0. The van der Waals surface area contributed by atoms with Crippen LogP contribution in [0.3, 0.4) is 0 Å². The van der Waals surface area contributed by atoms with E-state index in [1.165, 1.54) is 0 Å². The number of rotatable bonds is 3. The first-order valence-electron chi connectivity index (χ1n) is 6.01. The number of pyridine rings is 1. The molecule has 1 unspecified atom stereocenters. The Kier molecular flexibility index (Phi) is 4.76. The fraction of sp³-hybridized carbons (Fsp3) is 0.214. The Morgan fingerprint density at radius 2 is 1.76 bits per heavy atom. The predicted molar refractivity (Wildman–Crippen MR) is 76.6 cm³/mol. The summed E-state index contributed by atoms with van der Waals surface area (Å²) in [6.45, 7) is 0.166. The molecular weight excluding hydrogens is 324 g/mol. The van der Waals surface area contributed by atoms with Crippen LogP contribution in [-0.2, 0) is 6.18 Å². The third-order valence-electron chi connectivity index (χ3n) is 3.04. The average Bonchev–Trinajstić information content (AvgIpc) is 2.42. The summed E-state index contributed by atoms with van der Waals surface area (Å²) in [6.07, 6.45) is -3.71. The van der Waals surface area contributed by atoms with Crippen molar-refractivity contribution in [2.75, 3.05) is 6.54 Å². The number of benzene rings is 1. The van der Waals surface area contributed by atoms with Crippen molar-refractivity contribution in [2.24, 2.45) is 5.73 Å². The van der Waals surface area contributed by atoms with Crippen LogP contribution in [0.25, 0.3) is 0 Å². The number of nitrogens with zero attached hydrogens (tertiary/aromatic N) is 1. The van der Waals surface area contributed by atoms with Gasteiger partial charge >= 0.3 is 6.18 Å². The lowest BCUT2D eigenvalue weighted by Crippen LogP contribution is -2.16. The summed E-state index contributed by atoms with van der Waals surface area (Å²) in [6, 6.07) is 7.71. The van der Waals surface area contributed by atoms with Crippen LogP contribution in [-0.4, -0.2) is 11.5 Å². The highest BCUT2D eigenvalue weighted by Crippen LogP contribution is 2.34. The van der Waals surface area contributed by atoms with Crippen molar-refractivity contribution in [3.05, 3.63) is 63.4 Å². The monoisotopic (exact) mass is 334 g/mol. The first-order chi connectivity index (χ1) is 9.82. The minimum atomic E-state index is -4.48. The van der Waals surface area contributed by atoms with Crippen LogP contribution in [0, 0.1) is 0 Å². The number of hydrogen-bond donors (Lipinski definition) is 1. The van der Waals surface area contributed by atoms with Crippen molar-refractivity contribution in [1.29, 1.82) is 0 Å². The van der Waals surface area contributed by atoms with Crippen LogP contribution in [0.4, 0.5) is 13.2 Å². The highest BCUT2D eigenvalue weighted by Gasteiger charge is 2.32. The molecule has 2 aromatic rings. The third kappa shape index (κ3) is 3.67. The molecule has 2 rings (SSSR count). The van der Waals surface area contributed by atoms with E-state index in [2.05, 4.69) is 4.98 Å². The van der Waals surface area contributed by atoms with Crippen molar-refractivity contribution in [2.45, 2.75) is 12.1 Å². The van der Waals surface area contributed by atoms with Crippen LogP contribution >= 0.6 is 23.2 Å². The Hall–Kier alpha value is -1.30. The molecule has 1 heterocycles. The second-order valence-corrected chi connectivity index (χ2v) is 5.27. The number of alkyl halides is 3. The van der Waals surface area contributed by atoms with Gasteiger partial charge in [-0.3, -0.25) is 4.98 Å². The first-order valence-corrected chi connectivity index (χ1v) is 6.76. The normalized spacial score (nSPS) is 13.2. The molecule has 0 saturated heterocycles. The Bertz CT molecular complexity index is 627. The van der Waals surface area contributed by atoms with Crippen molar-refractivity contribution >= 4 is 23.2 Å². The van der Waals surface area contributed by atoms with Crippen molar-refractivity contribution in [3.8, 4) is 0 Å². The number of hydrogen-bond acceptors (Lipinski definition) is 2. The number of halogens is 5. The zero-order valence-electron chi connectivity index (χ0n) is 10.7. The van der Waals surface area contributed by atoms with Gasteiger partial charge in [-0.1, -0.05) is 35.3 Å². The molecule has 1 atom stereocenters.